The van der Waals surface area contributed by atoms with Gasteiger partial charge in [-0.15, -0.1) is 0 Å². The summed E-state index contributed by atoms with van der Waals surface area (Å²) < 4.78 is 0. The summed E-state index contributed by atoms with van der Waals surface area (Å²) in [6.07, 6.45) is 1.77. The molecule has 92 valence electrons. The molecule has 2 atom stereocenters. The molecule has 2 unspecified atom stereocenters. The highest BCUT2D eigenvalue weighted by Gasteiger charge is 2.03. The van der Waals surface area contributed by atoms with Gasteiger partial charge in [0.05, 0.1) is 0 Å². The highest BCUT2D eigenvalue weighted by atomic mass is 16.4. The van der Waals surface area contributed by atoms with Crippen molar-refractivity contribution in [1.29, 1.82) is 0 Å². The molecule has 0 aromatic rings. The fraction of sp³-hybridized carbons (Fsp3) is 0.750. The first kappa shape index (κ1) is 14.9. The van der Waals surface area contributed by atoms with E-state index in [1.54, 1.807) is 0 Å². The second kappa shape index (κ2) is 9.20. The van der Waals surface area contributed by atoms with Crippen LogP contribution in [0.5, 0.6) is 0 Å². The van der Waals surface area contributed by atoms with Crippen molar-refractivity contribution < 1.29 is 20.1 Å². The molecular weight excluding hydrogens is 208 g/mol. The number of carbonyl (C=O) groups is 1. The molecule has 0 radical (unpaired) electrons. The molecule has 0 saturated carbocycles. The fourth-order valence-corrected chi connectivity index (χ4v) is 1.18. The highest BCUT2D eigenvalue weighted by Crippen LogP contribution is 2.02. The molecule has 0 aliphatic rings. The highest BCUT2D eigenvalue weighted by molar-refractivity contribution is 5.66. The van der Waals surface area contributed by atoms with Crippen LogP contribution in [0.2, 0.25) is 0 Å². The zero-order chi connectivity index (χ0) is 12.4. The third-order valence-corrected chi connectivity index (χ3v) is 2.12. The molecule has 0 amide bonds. The SMILES string of the molecule is CCCCC(O)C#CC(O)CCCC(=O)O. The maximum atomic E-state index is 10.2. The Morgan fingerprint density at radius 3 is 2.06 bits per heavy atom. The van der Waals surface area contributed by atoms with Crippen LogP contribution in [-0.2, 0) is 4.79 Å². The van der Waals surface area contributed by atoms with Crippen molar-refractivity contribution in [3.63, 3.8) is 0 Å². The molecule has 16 heavy (non-hydrogen) atoms. The topological polar surface area (TPSA) is 77.8 Å². The first-order valence-corrected chi connectivity index (χ1v) is 5.65. The number of hydrogen-bond acceptors (Lipinski definition) is 3. The number of rotatable bonds is 7. The predicted molar refractivity (Wildman–Crippen MR) is 60.8 cm³/mol. The normalized spacial score (nSPS) is 13.7. The molecule has 0 aromatic carbocycles. The van der Waals surface area contributed by atoms with Crippen LogP contribution in [0.1, 0.15) is 45.4 Å². The van der Waals surface area contributed by atoms with Crippen LogP contribution in [0.4, 0.5) is 0 Å². The molecule has 0 saturated heterocycles. The van der Waals surface area contributed by atoms with Crippen LogP contribution in [-0.4, -0.2) is 33.5 Å². The smallest absolute Gasteiger partial charge is 0.303 e. The van der Waals surface area contributed by atoms with Crippen LogP contribution >= 0.6 is 0 Å². The molecule has 0 fully saturated rings. The van der Waals surface area contributed by atoms with Crippen LogP contribution < -0.4 is 0 Å². The van der Waals surface area contributed by atoms with Gasteiger partial charge < -0.3 is 15.3 Å². The Balaban J connectivity index is 3.71. The van der Waals surface area contributed by atoms with Gasteiger partial charge in [-0.2, -0.15) is 0 Å². The van der Waals surface area contributed by atoms with E-state index in [9.17, 15) is 15.0 Å². The predicted octanol–water partition coefficient (Wildman–Crippen LogP) is 1.16. The lowest BCUT2D eigenvalue weighted by Crippen LogP contribution is -2.08. The minimum absolute atomic E-state index is 0.0388. The van der Waals surface area contributed by atoms with E-state index in [1.807, 2.05) is 6.92 Å². The lowest BCUT2D eigenvalue weighted by molar-refractivity contribution is -0.137. The van der Waals surface area contributed by atoms with Gasteiger partial charge in [0.25, 0.3) is 0 Å². The van der Waals surface area contributed by atoms with Crippen LogP contribution in [0.15, 0.2) is 0 Å². The van der Waals surface area contributed by atoms with Gasteiger partial charge >= 0.3 is 5.97 Å². The average molecular weight is 228 g/mol. The van der Waals surface area contributed by atoms with Gasteiger partial charge in [-0.3, -0.25) is 4.79 Å². The minimum atomic E-state index is -0.872. The Morgan fingerprint density at radius 2 is 1.62 bits per heavy atom. The zero-order valence-electron chi connectivity index (χ0n) is 9.65. The maximum absolute atomic E-state index is 10.2. The molecule has 0 aliphatic carbocycles. The van der Waals surface area contributed by atoms with Gasteiger partial charge in [0.2, 0.25) is 0 Å². The summed E-state index contributed by atoms with van der Waals surface area (Å²) in [6.45, 7) is 2.03. The summed E-state index contributed by atoms with van der Waals surface area (Å²) in [5, 5.41) is 27.1. The summed E-state index contributed by atoms with van der Waals surface area (Å²) in [7, 11) is 0. The number of aliphatic carboxylic acids is 1. The number of carboxylic acids is 1. The fourth-order valence-electron chi connectivity index (χ4n) is 1.18. The molecule has 0 aliphatic heterocycles. The summed E-state index contributed by atoms with van der Waals surface area (Å²) in [5.74, 6) is 4.22. The maximum Gasteiger partial charge on any atom is 0.303 e. The Labute approximate surface area is 96.3 Å². The second-order valence-electron chi connectivity index (χ2n) is 3.75. The van der Waals surface area contributed by atoms with Crippen LogP contribution in [0, 0.1) is 11.8 Å². The Hall–Kier alpha value is -1.05. The summed E-state index contributed by atoms with van der Waals surface area (Å²) in [4.78, 5) is 10.2. The van der Waals surface area contributed by atoms with Crippen molar-refractivity contribution in [3.05, 3.63) is 0 Å². The average Bonchev–Trinajstić information content (AvgIpc) is 2.23. The van der Waals surface area contributed by atoms with Gasteiger partial charge in [0.15, 0.2) is 0 Å². The van der Waals surface area contributed by atoms with E-state index in [2.05, 4.69) is 11.8 Å². The quantitative estimate of drug-likeness (QED) is 0.571. The Kier molecular flexibility index (Phi) is 8.59. The number of aliphatic hydroxyl groups is 2. The lowest BCUT2D eigenvalue weighted by atomic mass is 10.1. The molecule has 4 heteroatoms. The van der Waals surface area contributed by atoms with Crippen molar-refractivity contribution in [2.24, 2.45) is 0 Å². The summed E-state index contributed by atoms with van der Waals surface area (Å²) in [6, 6.07) is 0. The van der Waals surface area contributed by atoms with Crippen molar-refractivity contribution in [2.75, 3.05) is 0 Å². The number of unbranched alkanes of at least 4 members (excludes halogenated alkanes) is 1. The van der Waals surface area contributed by atoms with Gasteiger partial charge in [0, 0.05) is 6.42 Å². The third kappa shape index (κ3) is 9.50. The van der Waals surface area contributed by atoms with Gasteiger partial charge in [-0.1, -0.05) is 31.6 Å². The minimum Gasteiger partial charge on any atom is -0.481 e. The standard InChI is InChI=1S/C12H20O4/c1-2-3-5-10(13)8-9-11(14)6-4-7-12(15)16/h10-11,13-14H,2-7H2,1H3,(H,15,16). The molecule has 4 nitrogen and oxygen atoms in total. The molecule has 0 rings (SSSR count). The number of aliphatic hydroxyl groups excluding tert-OH is 2. The van der Waals surface area contributed by atoms with Crippen molar-refractivity contribution in [3.8, 4) is 11.8 Å². The zero-order valence-corrected chi connectivity index (χ0v) is 9.65. The molecule has 0 heterocycles. The monoisotopic (exact) mass is 228 g/mol. The largest absolute Gasteiger partial charge is 0.481 e. The lowest BCUT2D eigenvalue weighted by Gasteiger charge is -2.03. The van der Waals surface area contributed by atoms with E-state index in [0.717, 1.165) is 12.8 Å². The number of carboxylic acid groups (broad SMARTS) is 1. The third-order valence-electron chi connectivity index (χ3n) is 2.12. The van der Waals surface area contributed by atoms with Crippen molar-refractivity contribution in [2.45, 2.75) is 57.7 Å². The Morgan fingerprint density at radius 1 is 1.12 bits per heavy atom. The van der Waals surface area contributed by atoms with Gasteiger partial charge in [-0.25, -0.2) is 0 Å². The molecule has 3 N–H and O–H groups in total. The van der Waals surface area contributed by atoms with E-state index in [0.29, 0.717) is 19.3 Å². The second-order valence-corrected chi connectivity index (χ2v) is 3.75. The first-order valence-electron chi connectivity index (χ1n) is 5.65. The summed E-state index contributed by atoms with van der Waals surface area (Å²) >= 11 is 0. The first-order chi connectivity index (χ1) is 7.56. The van der Waals surface area contributed by atoms with Gasteiger partial charge in [0.1, 0.15) is 12.2 Å². The Bertz CT molecular complexity index is 251. The molecule has 0 aromatic heterocycles. The van der Waals surface area contributed by atoms with Crippen LogP contribution in [0.25, 0.3) is 0 Å². The molecule has 0 spiro atoms. The van der Waals surface area contributed by atoms with Gasteiger partial charge in [-0.05, 0) is 19.3 Å². The van der Waals surface area contributed by atoms with E-state index in [-0.39, 0.29) is 6.42 Å². The van der Waals surface area contributed by atoms with E-state index in [1.165, 1.54) is 0 Å². The van der Waals surface area contributed by atoms with E-state index < -0.39 is 18.2 Å². The summed E-state index contributed by atoms with van der Waals surface area (Å²) in [5.41, 5.74) is 0. The van der Waals surface area contributed by atoms with E-state index >= 15 is 0 Å². The van der Waals surface area contributed by atoms with Crippen LogP contribution in [0.3, 0.4) is 0 Å². The molecular formula is C12H20O4. The van der Waals surface area contributed by atoms with E-state index in [4.69, 9.17) is 5.11 Å². The van der Waals surface area contributed by atoms with Crippen molar-refractivity contribution in [1.82, 2.24) is 0 Å². The molecule has 0 bridgehead atoms. The number of hydrogen-bond donors (Lipinski definition) is 3. The van der Waals surface area contributed by atoms with Crippen molar-refractivity contribution >= 4 is 5.97 Å².